The number of carbonyl (C=O) groups is 1. The van der Waals surface area contributed by atoms with E-state index in [1.807, 2.05) is 6.92 Å². The van der Waals surface area contributed by atoms with Gasteiger partial charge in [-0.15, -0.1) is 0 Å². The Morgan fingerprint density at radius 1 is 1.36 bits per heavy atom. The summed E-state index contributed by atoms with van der Waals surface area (Å²) in [6, 6.07) is 0. The third-order valence-corrected chi connectivity index (χ3v) is 2.24. The van der Waals surface area contributed by atoms with Crippen LogP contribution in [0.5, 0.6) is 0 Å². The van der Waals surface area contributed by atoms with Crippen molar-refractivity contribution >= 4 is 5.97 Å². The summed E-state index contributed by atoms with van der Waals surface area (Å²) in [7, 11) is 0. The molecule has 0 aromatic carbocycles. The predicted molar refractivity (Wildman–Crippen MR) is 43.5 cm³/mol. The predicted octanol–water partition coefficient (Wildman–Crippen LogP) is 2.41. The second-order valence-electron chi connectivity index (χ2n) is 3.23. The van der Waals surface area contributed by atoms with E-state index >= 15 is 0 Å². The molecule has 0 N–H and O–H groups in total. The Balaban J connectivity index is 3.63. The van der Waals surface area contributed by atoms with E-state index in [9.17, 15) is 9.90 Å². The van der Waals surface area contributed by atoms with Gasteiger partial charge in [-0.3, -0.25) is 0 Å². The summed E-state index contributed by atoms with van der Waals surface area (Å²) in [6.07, 6.45) is 3.23. The highest BCUT2D eigenvalue weighted by atomic mass is 16.4. The molecule has 65 valence electrons. The van der Waals surface area contributed by atoms with E-state index in [1.54, 1.807) is 6.92 Å². The minimum Gasteiger partial charge on any atom is -0.247 e. The molecule has 0 aliphatic heterocycles. The van der Waals surface area contributed by atoms with Gasteiger partial charge in [0, 0.05) is 0 Å². The van der Waals surface area contributed by atoms with Crippen LogP contribution in [0.4, 0.5) is 0 Å². The molecule has 2 unspecified atom stereocenters. The molecule has 0 spiro atoms. The van der Waals surface area contributed by atoms with E-state index in [-0.39, 0.29) is 11.8 Å². The zero-order valence-corrected chi connectivity index (χ0v) is 7.59. The second kappa shape index (κ2) is 5.16. The van der Waals surface area contributed by atoms with Crippen LogP contribution in [0.1, 0.15) is 40.0 Å². The molecule has 0 aliphatic carbocycles. The Morgan fingerprint density at radius 3 is 2.27 bits per heavy atom. The summed E-state index contributed by atoms with van der Waals surface area (Å²) < 4.78 is 0. The van der Waals surface area contributed by atoms with Gasteiger partial charge >= 0.3 is 5.97 Å². The van der Waals surface area contributed by atoms with Crippen LogP contribution in [-0.2, 0) is 9.90 Å². The number of hydrogen-bond donors (Lipinski definition) is 0. The van der Waals surface area contributed by atoms with Gasteiger partial charge in [0.05, 0.1) is 5.92 Å². The average molecular weight is 157 g/mol. The smallest absolute Gasteiger partial charge is 0.247 e. The van der Waals surface area contributed by atoms with E-state index in [0.29, 0.717) is 0 Å². The van der Waals surface area contributed by atoms with Crippen molar-refractivity contribution in [1.29, 1.82) is 0 Å². The summed E-state index contributed by atoms with van der Waals surface area (Å²) in [5.74, 6) is -0.977. The maximum Gasteiger partial charge on any atom is 0.358 e. The highest BCUT2D eigenvalue weighted by Gasteiger charge is 2.19. The number of unbranched alkanes of at least 4 members (excludes halogenated alkanes) is 1. The Labute approximate surface area is 68.6 Å². The molecular weight excluding hydrogens is 140 g/mol. The molecule has 0 aromatic heterocycles. The number of hydrogen-bond acceptors (Lipinski definition) is 1. The first-order valence-corrected chi connectivity index (χ1v) is 4.30. The van der Waals surface area contributed by atoms with Gasteiger partial charge in [-0.1, -0.05) is 33.6 Å². The highest BCUT2D eigenvalue weighted by molar-refractivity contribution is 5.69. The van der Waals surface area contributed by atoms with Gasteiger partial charge in [0.25, 0.3) is 0 Å². The van der Waals surface area contributed by atoms with E-state index in [4.69, 9.17) is 0 Å². The molecule has 1 radical (unpaired) electrons. The lowest BCUT2D eigenvalue weighted by Crippen LogP contribution is -2.16. The maximum atomic E-state index is 10.4. The van der Waals surface area contributed by atoms with E-state index in [1.165, 1.54) is 0 Å². The molecule has 0 amide bonds. The van der Waals surface area contributed by atoms with Gasteiger partial charge in [-0.25, -0.2) is 9.90 Å². The van der Waals surface area contributed by atoms with Gasteiger partial charge in [0.15, 0.2) is 0 Å². The zero-order valence-electron chi connectivity index (χ0n) is 7.59. The van der Waals surface area contributed by atoms with Crippen molar-refractivity contribution in [2.75, 3.05) is 0 Å². The van der Waals surface area contributed by atoms with Gasteiger partial charge in [-0.2, -0.15) is 0 Å². The van der Waals surface area contributed by atoms with Crippen LogP contribution < -0.4 is 0 Å². The number of carbonyl (C=O) groups excluding carboxylic acids is 1. The SMILES string of the molecule is CCCCC(C)C(C)C([O])=O. The van der Waals surface area contributed by atoms with Crippen LogP contribution in [0.3, 0.4) is 0 Å². The monoisotopic (exact) mass is 157 g/mol. The first kappa shape index (κ1) is 10.5. The lowest BCUT2D eigenvalue weighted by molar-refractivity contribution is -0.149. The summed E-state index contributed by atoms with van der Waals surface area (Å²) in [5, 5.41) is 10.4. The minimum atomic E-state index is -0.923. The maximum absolute atomic E-state index is 10.4. The van der Waals surface area contributed by atoms with Crippen LogP contribution in [0, 0.1) is 11.8 Å². The molecule has 0 saturated carbocycles. The lowest BCUT2D eigenvalue weighted by Gasteiger charge is -2.13. The van der Waals surface area contributed by atoms with E-state index in [0.717, 1.165) is 19.3 Å². The van der Waals surface area contributed by atoms with Crippen LogP contribution in [0.25, 0.3) is 0 Å². The quantitative estimate of drug-likeness (QED) is 0.603. The molecule has 0 saturated heterocycles. The van der Waals surface area contributed by atoms with Crippen LogP contribution >= 0.6 is 0 Å². The van der Waals surface area contributed by atoms with Crippen molar-refractivity contribution in [3.8, 4) is 0 Å². The molecule has 11 heavy (non-hydrogen) atoms. The van der Waals surface area contributed by atoms with Crippen molar-refractivity contribution < 1.29 is 9.90 Å². The zero-order chi connectivity index (χ0) is 8.85. The molecule has 2 nitrogen and oxygen atoms in total. The highest BCUT2D eigenvalue weighted by Crippen LogP contribution is 2.17. The van der Waals surface area contributed by atoms with Gasteiger partial charge in [-0.05, 0) is 12.3 Å². The van der Waals surface area contributed by atoms with Gasteiger partial charge in [0.1, 0.15) is 0 Å². The topological polar surface area (TPSA) is 37.0 Å². The molecule has 0 heterocycles. The van der Waals surface area contributed by atoms with E-state index in [2.05, 4.69) is 6.92 Å². The lowest BCUT2D eigenvalue weighted by atomic mass is 9.91. The first-order chi connectivity index (χ1) is 5.09. The molecule has 0 aliphatic rings. The Kier molecular flexibility index (Phi) is 4.92. The van der Waals surface area contributed by atoms with Gasteiger partial charge in [0.2, 0.25) is 0 Å². The Morgan fingerprint density at radius 2 is 1.91 bits per heavy atom. The Bertz CT molecular complexity index is 121. The van der Waals surface area contributed by atoms with Crippen molar-refractivity contribution in [2.45, 2.75) is 40.0 Å². The molecule has 0 rings (SSSR count). The van der Waals surface area contributed by atoms with Crippen LogP contribution in [0.2, 0.25) is 0 Å². The summed E-state index contributed by atoms with van der Waals surface area (Å²) in [5.41, 5.74) is 0. The first-order valence-electron chi connectivity index (χ1n) is 4.30. The third-order valence-electron chi connectivity index (χ3n) is 2.24. The Hall–Kier alpha value is -0.530. The molecule has 2 atom stereocenters. The van der Waals surface area contributed by atoms with Crippen LogP contribution in [0.15, 0.2) is 0 Å². The number of rotatable bonds is 5. The molecule has 0 bridgehead atoms. The fraction of sp³-hybridized carbons (Fsp3) is 0.889. The fourth-order valence-electron chi connectivity index (χ4n) is 1.01. The molecule has 2 heteroatoms. The summed E-state index contributed by atoms with van der Waals surface area (Å²) in [6.45, 7) is 5.79. The molecule has 0 fully saturated rings. The van der Waals surface area contributed by atoms with Crippen molar-refractivity contribution in [3.05, 3.63) is 0 Å². The summed E-state index contributed by atoms with van der Waals surface area (Å²) in [4.78, 5) is 10.4. The normalized spacial score (nSPS) is 15.9. The fourth-order valence-corrected chi connectivity index (χ4v) is 1.01. The van der Waals surface area contributed by atoms with Crippen molar-refractivity contribution in [3.63, 3.8) is 0 Å². The van der Waals surface area contributed by atoms with Crippen molar-refractivity contribution in [2.24, 2.45) is 11.8 Å². The van der Waals surface area contributed by atoms with Gasteiger partial charge < -0.3 is 0 Å². The van der Waals surface area contributed by atoms with Crippen molar-refractivity contribution in [1.82, 2.24) is 0 Å². The average Bonchev–Trinajstić information content (AvgIpc) is 1.98. The van der Waals surface area contributed by atoms with E-state index < -0.39 is 5.97 Å². The molecular formula is C9H17O2. The standard InChI is InChI=1S/C9H17O2/c1-4-5-6-7(2)8(3)9(10)11/h7-8H,4-6H2,1-3H3. The molecule has 0 aromatic rings. The minimum absolute atomic E-state index is 0.250. The third kappa shape index (κ3) is 4.02. The van der Waals surface area contributed by atoms with Crippen LogP contribution in [-0.4, -0.2) is 5.97 Å². The summed E-state index contributed by atoms with van der Waals surface area (Å²) >= 11 is 0. The second-order valence-corrected chi connectivity index (χ2v) is 3.23. The largest absolute Gasteiger partial charge is 0.358 e.